The quantitative estimate of drug-likeness (QED) is 0.735. The zero-order chi connectivity index (χ0) is 16.9. The van der Waals surface area contributed by atoms with E-state index < -0.39 is 6.86 Å². The smallest absolute Gasteiger partial charge is 0.228 e. The molecule has 1 aromatic carbocycles. The molecule has 0 N–H and O–H groups in total. The molecule has 0 atom stereocenters. The molecule has 2 heterocycles. The molecule has 0 unspecified atom stereocenters. The van der Waals surface area contributed by atoms with Crippen LogP contribution in [0.25, 0.3) is 28.7 Å². The maximum atomic E-state index is 12.3. The fraction of sp³-hybridized carbons (Fsp3) is 0.150. The van der Waals surface area contributed by atoms with Gasteiger partial charge < -0.3 is 9.30 Å². The van der Waals surface area contributed by atoms with Gasteiger partial charge in [-0.1, -0.05) is 30.4 Å². The third kappa shape index (κ3) is 3.08. The van der Waals surface area contributed by atoms with E-state index in [9.17, 15) is 4.39 Å². The van der Waals surface area contributed by atoms with Crippen LogP contribution in [0.15, 0.2) is 54.9 Å². The third-order valence-corrected chi connectivity index (χ3v) is 3.85. The number of nitrogens with zero attached hydrogens (tertiary/aromatic N) is 2. The van der Waals surface area contributed by atoms with Crippen molar-refractivity contribution in [2.75, 3.05) is 6.86 Å². The summed E-state index contributed by atoms with van der Waals surface area (Å²) in [4.78, 5) is 4.54. The minimum atomic E-state index is -0.832. The minimum Gasteiger partial charge on any atom is -0.463 e. The van der Waals surface area contributed by atoms with E-state index in [1.165, 1.54) is 0 Å². The van der Waals surface area contributed by atoms with E-state index in [1.807, 2.05) is 44.3 Å². The van der Waals surface area contributed by atoms with Crippen LogP contribution in [0, 0.1) is 0 Å². The Kier molecular flexibility index (Phi) is 4.75. The van der Waals surface area contributed by atoms with Crippen LogP contribution in [0.1, 0.15) is 13.8 Å². The Morgan fingerprint density at radius 3 is 2.79 bits per heavy atom. The first-order chi connectivity index (χ1) is 11.8. The molecule has 3 rings (SSSR count). The van der Waals surface area contributed by atoms with Crippen molar-refractivity contribution in [1.82, 2.24) is 9.55 Å². The average Bonchev–Trinajstić information content (AvgIpc) is 3.02. The molecular weight excluding hydrogens is 303 g/mol. The number of pyridine rings is 1. The van der Waals surface area contributed by atoms with Crippen molar-refractivity contribution in [3.05, 3.63) is 65.4 Å². The Morgan fingerprint density at radius 1 is 1.17 bits per heavy atom. The molecule has 0 radical (unpaired) electrons. The maximum absolute atomic E-state index is 12.3. The predicted molar refractivity (Wildman–Crippen MR) is 96.3 cm³/mol. The van der Waals surface area contributed by atoms with Gasteiger partial charge >= 0.3 is 0 Å². The number of hydrogen-bond acceptors (Lipinski definition) is 2. The van der Waals surface area contributed by atoms with Gasteiger partial charge in [0.05, 0.1) is 0 Å². The van der Waals surface area contributed by atoms with Crippen LogP contribution >= 0.6 is 0 Å². The number of alkyl halides is 1. The van der Waals surface area contributed by atoms with Gasteiger partial charge in [0.25, 0.3) is 0 Å². The molecule has 0 spiro atoms. The summed E-state index contributed by atoms with van der Waals surface area (Å²) in [6.07, 6.45) is 12.0. The van der Waals surface area contributed by atoms with E-state index in [0.29, 0.717) is 5.75 Å². The van der Waals surface area contributed by atoms with Crippen LogP contribution < -0.4 is 15.3 Å². The summed E-state index contributed by atoms with van der Waals surface area (Å²) in [7, 11) is 0. The molecule has 0 aliphatic heterocycles. The second-order valence-corrected chi connectivity index (χ2v) is 5.31. The summed E-state index contributed by atoms with van der Waals surface area (Å²) in [5.74, 6) is 1.35. The molecule has 122 valence electrons. The van der Waals surface area contributed by atoms with Crippen molar-refractivity contribution in [1.29, 1.82) is 0 Å². The van der Waals surface area contributed by atoms with Gasteiger partial charge in [0, 0.05) is 23.1 Å². The van der Waals surface area contributed by atoms with Gasteiger partial charge in [-0.05, 0) is 48.7 Å². The van der Waals surface area contributed by atoms with Gasteiger partial charge in [-0.15, -0.1) is 0 Å². The number of ether oxygens (including phenoxy) is 1. The lowest BCUT2D eigenvalue weighted by molar-refractivity contribution is 0.192. The highest BCUT2D eigenvalue weighted by Crippen LogP contribution is 2.21. The van der Waals surface area contributed by atoms with Crippen molar-refractivity contribution in [3.63, 3.8) is 0 Å². The molecule has 24 heavy (non-hydrogen) atoms. The lowest BCUT2D eigenvalue weighted by Gasteiger charge is -2.07. The SMILES string of the molecule is C/C=C/C=c1/ccn(-c2cc3ccc(OCF)cc3cn2)/c1=C/C. The van der Waals surface area contributed by atoms with Crippen molar-refractivity contribution in [3.8, 4) is 11.6 Å². The molecule has 0 saturated heterocycles. The highest BCUT2D eigenvalue weighted by molar-refractivity contribution is 5.84. The average molecular weight is 322 g/mol. The molecule has 0 bridgehead atoms. The Labute approximate surface area is 140 Å². The molecule has 3 aromatic rings. The largest absolute Gasteiger partial charge is 0.463 e. The van der Waals surface area contributed by atoms with Crippen molar-refractivity contribution in [2.45, 2.75) is 13.8 Å². The number of allylic oxidation sites excluding steroid dienone is 2. The lowest BCUT2D eigenvalue weighted by Crippen LogP contribution is -2.27. The molecular formula is C20H19FN2O. The van der Waals surface area contributed by atoms with Crippen LogP contribution in [-0.2, 0) is 0 Å². The number of aromatic nitrogens is 2. The zero-order valence-electron chi connectivity index (χ0n) is 13.7. The molecule has 0 saturated carbocycles. The maximum Gasteiger partial charge on any atom is 0.228 e. The third-order valence-electron chi connectivity index (χ3n) is 3.85. The highest BCUT2D eigenvalue weighted by Gasteiger charge is 2.04. The normalized spacial score (nSPS) is 13.3. The fourth-order valence-electron chi connectivity index (χ4n) is 2.70. The molecule has 4 heteroatoms. The van der Waals surface area contributed by atoms with E-state index >= 15 is 0 Å². The fourth-order valence-corrected chi connectivity index (χ4v) is 2.70. The Balaban J connectivity index is 2.10. The van der Waals surface area contributed by atoms with E-state index in [4.69, 9.17) is 4.74 Å². The van der Waals surface area contributed by atoms with Gasteiger partial charge in [0.1, 0.15) is 11.6 Å². The molecule has 3 nitrogen and oxygen atoms in total. The van der Waals surface area contributed by atoms with Crippen LogP contribution in [0.4, 0.5) is 4.39 Å². The van der Waals surface area contributed by atoms with Crippen molar-refractivity contribution in [2.24, 2.45) is 0 Å². The van der Waals surface area contributed by atoms with E-state index in [-0.39, 0.29) is 0 Å². The summed E-state index contributed by atoms with van der Waals surface area (Å²) < 4.78 is 19.2. The summed E-state index contributed by atoms with van der Waals surface area (Å²) in [5.41, 5.74) is 0. The van der Waals surface area contributed by atoms with Crippen LogP contribution in [0.3, 0.4) is 0 Å². The summed E-state index contributed by atoms with van der Waals surface area (Å²) in [5, 5.41) is 4.18. The number of hydrogen-bond donors (Lipinski definition) is 0. The number of halogens is 1. The van der Waals surface area contributed by atoms with E-state index in [2.05, 4.69) is 27.8 Å². The van der Waals surface area contributed by atoms with Crippen LogP contribution in [0.2, 0.25) is 0 Å². The minimum absolute atomic E-state index is 0.506. The highest BCUT2D eigenvalue weighted by atomic mass is 19.1. The number of fused-ring (bicyclic) bond motifs is 1. The number of benzene rings is 1. The topological polar surface area (TPSA) is 27.1 Å². The van der Waals surface area contributed by atoms with Crippen molar-refractivity contribution >= 4 is 22.9 Å². The Bertz CT molecular complexity index is 1000. The molecule has 0 aliphatic rings. The second-order valence-electron chi connectivity index (χ2n) is 5.31. The van der Waals surface area contributed by atoms with Gasteiger partial charge in [-0.25, -0.2) is 9.37 Å². The van der Waals surface area contributed by atoms with Gasteiger partial charge in [-0.3, -0.25) is 0 Å². The molecule has 0 fully saturated rings. The van der Waals surface area contributed by atoms with Gasteiger partial charge in [0.15, 0.2) is 0 Å². The molecule has 0 aliphatic carbocycles. The van der Waals surface area contributed by atoms with Crippen LogP contribution in [0.5, 0.6) is 5.75 Å². The van der Waals surface area contributed by atoms with Gasteiger partial charge in [0.2, 0.25) is 6.86 Å². The Hall–Kier alpha value is -2.88. The van der Waals surface area contributed by atoms with Gasteiger partial charge in [-0.2, -0.15) is 0 Å². The lowest BCUT2D eigenvalue weighted by atomic mass is 10.1. The summed E-state index contributed by atoms with van der Waals surface area (Å²) >= 11 is 0. The van der Waals surface area contributed by atoms with Crippen molar-refractivity contribution < 1.29 is 9.13 Å². The van der Waals surface area contributed by atoms with E-state index in [0.717, 1.165) is 27.2 Å². The first kappa shape index (κ1) is 16.0. The first-order valence-corrected chi connectivity index (χ1v) is 7.82. The second kappa shape index (κ2) is 7.13. The standard InChI is InChI=1S/C20H19FN2O/c1-3-5-6-15-9-10-23(19(15)4-2)20-12-16-7-8-18(24-14-21)11-17(16)13-22-20/h3-13H,14H2,1-2H3/b5-3+,15-6-,19-4+. The summed E-state index contributed by atoms with van der Waals surface area (Å²) in [6.45, 7) is 3.18. The monoisotopic (exact) mass is 322 g/mol. The Morgan fingerprint density at radius 2 is 2.04 bits per heavy atom. The summed E-state index contributed by atoms with van der Waals surface area (Å²) in [6, 6.07) is 9.55. The molecule has 0 amide bonds. The molecule has 2 aromatic heterocycles. The first-order valence-electron chi connectivity index (χ1n) is 7.82. The number of rotatable bonds is 4. The van der Waals surface area contributed by atoms with E-state index in [1.54, 1.807) is 18.3 Å². The van der Waals surface area contributed by atoms with Crippen LogP contribution in [-0.4, -0.2) is 16.4 Å². The zero-order valence-corrected chi connectivity index (χ0v) is 13.7. The predicted octanol–water partition coefficient (Wildman–Crippen LogP) is 3.49.